The molecule has 1 aromatic carbocycles. The van der Waals surface area contributed by atoms with E-state index in [2.05, 4.69) is 15.6 Å². The number of aliphatic hydroxyl groups excluding tert-OH is 1. The number of aliphatic hydroxyl groups is 1. The van der Waals surface area contributed by atoms with Crippen molar-refractivity contribution in [3.63, 3.8) is 0 Å². The number of nitrogens with one attached hydrogen (secondary N) is 2. The van der Waals surface area contributed by atoms with Crippen molar-refractivity contribution >= 4 is 5.91 Å². The van der Waals surface area contributed by atoms with Gasteiger partial charge in [-0.25, -0.2) is 4.98 Å². The maximum Gasteiger partial charge on any atom is 0.237 e. The van der Waals surface area contributed by atoms with Gasteiger partial charge in [0.25, 0.3) is 0 Å². The fourth-order valence-corrected chi connectivity index (χ4v) is 2.68. The molecule has 6 heteroatoms. The van der Waals surface area contributed by atoms with Crippen LogP contribution < -0.4 is 10.6 Å². The Bertz CT molecular complexity index is 641. The van der Waals surface area contributed by atoms with Crippen molar-refractivity contribution in [2.24, 2.45) is 0 Å². The molecular formula is C16H20N4O2. The Morgan fingerprint density at radius 2 is 2.41 bits per heavy atom. The minimum absolute atomic E-state index is 0.0721. The van der Waals surface area contributed by atoms with Gasteiger partial charge in [0.15, 0.2) is 0 Å². The minimum Gasteiger partial charge on any atom is -0.392 e. The molecule has 3 N–H and O–H groups in total. The number of nitrogens with zero attached hydrogens (tertiary/aromatic N) is 2. The predicted molar refractivity (Wildman–Crippen MR) is 82.5 cm³/mol. The Morgan fingerprint density at radius 1 is 1.55 bits per heavy atom. The van der Waals surface area contributed by atoms with E-state index in [1.807, 2.05) is 42.0 Å². The van der Waals surface area contributed by atoms with E-state index >= 15 is 0 Å². The zero-order valence-electron chi connectivity index (χ0n) is 12.4. The van der Waals surface area contributed by atoms with E-state index in [0.29, 0.717) is 13.0 Å². The fraction of sp³-hybridized carbons (Fsp3) is 0.375. The van der Waals surface area contributed by atoms with Crippen molar-refractivity contribution in [1.29, 1.82) is 0 Å². The van der Waals surface area contributed by atoms with Gasteiger partial charge in [-0.15, -0.1) is 0 Å². The van der Waals surface area contributed by atoms with Crippen LogP contribution in [-0.2, 0) is 4.79 Å². The second kappa shape index (κ2) is 6.29. The largest absolute Gasteiger partial charge is 0.392 e. The molecule has 6 nitrogen and oxygen atoms in total. The smallest absolute Gasteiger partial charge is 0.237 e. The molecule has 22 heavy (non-hydrogen) atoms. The molecule has 2 aromatic rings. The van der Waals surface area contributed by atoms with Gasteiger partial charge in [-0.2, -0.15) is 0 Å². The lowest BCUT2D eigenvalue weighted by Crippen LogP contribution is -2.41. The Balaban J connectivity index is 1.68. The molecule has 1 amide bonds. The number of aromatic nitrogens is 2. The molecule has 0 spiro atoms. The molecule has 0 unspecified atom stereocenters. The first kappa shape index (κ1) is 14.7. The number of hydrogen-bond acceptors (Lipinski definition) is 4. The molecule has 0 radical (unpaired) electrons. The molecule has 0 aliphatic carbocycles. The van der Waals surface area contributed by atoms with Gasteiger partial charge in [0.2, 0.25) is 5.91 Å². The van der Waals surface area contributed by atoms with E-state index < -0.39 is 6.10 Å². The maximum atomic E-state index is 12.2. The van der Waals surface area contributed by atoms with Crippen LogP contribution in [0.15, 0.2) is 43.0 Å². The lowest BCUT2D eigenvalue weighted by molar-refractivity contribution is -0.123. The van der Waals surface area contributed by atoms with Crippen LogP contribution in [0.5, 0.6) is 0 Å². The van der Waals surface area contributed by atoms with Gasteiger partial charge in [-0.1, -0.05) is 12.1 Å². The molecule has 1 fully saturated rings. The van der Waals surface area contributed by atoms with E-state index in [1.165, 1.54) is 0 Å². The summed E-state index contributed by atoms with van der Waals surface area (Å²) in [5.74, 6) is -0.0721. The highest BCUT2D eigenvalue weighted by molar-refractivity contribution is 5.82. The summed E-state index contributed by atoms with van der Waals surface area (Å²) in [4.78, 5) is 16.2. The molecule has 1 aliphatic heterocycles. The summed E-state index contributed by atoms with van der Waals surface area (Å²) in [6.07, 6.45) is 5.39. The zero-order valence-corrected chi connectivity index (χ0v) is 12.4. The van der Waals surface area contributed by atoms with Gasteiger partial charge in [0.1, 0.15) is 0 Å². The number of imidazole rings is 1. The van der Waals surface area contributed by atoms with Crippen LogP contribution in [0.4, 0.5) is 0 Å². The molecule has 0 saturated carbocycles. The molecule has 2 heterocycles. The standard InChI is InChI=1S/C16H20N4O2/c1-11(19-16(22)15-8-14(21)9-18-15)12-3-2-4-13(7-12)20-6-5-17-10-20/h2-7,10-11,14-15,18,21H,8-9H2,1H3,(H,19,22)/t11-,14-,15-/m0/s1. The van der Waals surface area contributed by atoms with E-state index in [-0.39, 0.29) is 18.0 Å². The Labute approximate surface area is 129 Å². The molecule has 1 aliphatic rings. The summed E-state index contributed by atoms with van der Waals surface area (Å²) in [6, 6.07) is 7.57. The van der Waals surface area contributed by atoms with Crippen molar-refractivity contribution in [2.45, 2.75) is 31.5 Å². The van der Waals surface area contributed by atoms with E-state index in [9.17, 15) is 9.90 Å². The molecule has 1 aromatic heterocycles. The summed E-state index contributed by atoms with van der Waals surface area (Å²) in [5.41, 5.74) is 2.03. The SMILES string of the molecule is C[C@H](NC(=O)[C@@H]1C[C@H](O)CN1)c1cccc(-n2ccnc2)c1. The normalized spacial score (nSPS) is 22.5. The monoisotopic (exact) mass is 300 g/mol. The Morgan fingerprint density at radius 3 is 3.09 bits per heavy atom. The maximum absolute atomic E-state index is 12.2. The van der Waals surface area contributed by atoms with Gasteiger partial charge in [0.05, 0.1) is 24.5 Å². The first-order valence-electron chi connectivity index (χ1n) is 7.43. The quantitative estimate of drug-likeness (QED) is 0.779. The van der Waals surface area contributed by atoms with Gasteiger partial charge >= 0.3 is 0 Å². The lowest BCUT2D eigenvalue weighted by atomic mass is 10.1. The first-order valence-corrected chi connectivity index (χ1v) is 7.43. The average Bonchev–Trinajstić information content (AvgIpc) is 3.18. The van der Waals surface area contributed by atoms with Gasteiger partial charge in [-0.05, 0) is 31.0 Å². The summed E-state index contributed by atoms with van der Waals surface area (Å²) in [7, 11) is 0. The van der Waals surface area contributed by atoms with E-state index in [4.69, 9.17) is 0 Å². The number of β-amino-alcohol motifs (C(OH)–C–C–N with tert-alkyl or cyclic N) is 1. The Hall–Kier alpha value is -2.18. The van der Waals surface area contributed by atoms with Crippen LogP contribution in [0.1, 0.15) is 24.9 Å². The molecule has 1 saturated heterocycles. The van der Waals surface area contributed by atoms with Crippen LogP contribution in [0, 0.1) is 0 Å². The first-order chi connectivity index (χ1) is 10.6. The molecule has 3 rings (SSSR count). The molecular weight excluding hydrogens is 280 g/mol. The van der Waals surface area contributed by atoms with Crippen molar-refractivity contribution in [1.82, 2.24) is 20.2 Å². The molecule has 3 atom stereocenters. The lowest BCUT2D eigenvalue weighted by Gasteiger charge is -2.18. The number of carbonyl (C=O) groups excluding carboxylic acids is 1. The highest BCUT2D eigenvalue weighted by Gasteiger charge is 2.28. The topological polar surface area (TPSA) is 79.2 Å². The summed E-state index contributed by atoms with van der Waals surface area (Å²) in [5, 5.41) is 15.5. The van der Waals surface area contributed by atoms with Crippen molar-refractivity contribution in [3.8, 4) is 5.69 Å². The number of amides is 1. The van der Waals surface area contributed by atoms with Crippen LogP contribution >= 0.6 is 0 Å². The minimum atomic E-state index is -0.435. The zero-order chi connectivity index (χ0) is 15.5. The van der Waals surface area contributed by atoms with Crippen LogP contribution in [0.3, 0.4) is 0 Å². The number of rotatable bonds is 4. The van der Waals surface area contributed by atoms with Crippen LogP contribution in [0.2, 0.25) is 0 Å². The van der Waals surface area contributed by atoms with Crippen molar-refractivity contribution in [2.75, 3.05) is 6.54 Å². The predicted octanol–water partition coefficient (Wildman–Crippen LogP) is 0.772. The second-order valence-electron chi connectivity index (χ2n) is 5.65. The number of benzene rings is 1. The van der Waals surface area contributed by atoms with Crippen LogP contribution in [-0.4, -0.2) is 39.3 Å². The third-order valence-electron chi connectivity index (χ3n) is 3.96. The van der Waals surface area contributed by atoms with E-state index in [1.54, 1.807) is 12.5 Å². The highest BCUT2D eigenvalue weighted by Crippen LogP contribution is 2.17. The van der Waals surface area contributed by atoms with Gasteiger partial charge < -0.3 is 20.3 Å². The second-order valence-corrected chi connectivity index (χ2v) is 5.65. The van der Waals surface area contributed by atoms with Gasteiger partial charge in [0, 0.05) is 24.6 Å². The third kappa shape index (κ3) is 3.18. The summed E-state index contributed by atoms with van der Waals surface area (Å²) in [6.45, 7) is 2.43. The van der Waals surface area contributed by atoms with Gasteiger partial charge in [-0.3, -0.25) is 4.79 Å². The van der Waals surface area contributed by atoms with Crippen molar-refractivity contribution in [3.05, 3.63) is 48.5 Å². The highest BCUT2D eigenvalue weighted by atomic mass is 16.3. The Kier molecular flexibility index (Phi) is 4.22. The number of hydrogen-bond donors (Lipinski definition) is 3. The number of carbonyl (C=O) groups is 1. The van der Waals surface area contributed by atoms with Crippen LogP contribution in [0.25, 0.3) is 5.69 Å². The van der Waals surface area contributed by atoms with Crippen molar-refractivity contribution < 1.29 is 9.90 Å². The molecule has 0 bridgehead atoms. The molecule has 116 valence electrons. The van der Waals surface area contributed by atoms with E-state index in [0.717, 1.165) is 11.3 Å². The summed E-state index contributed by atoms with van der Waals surface area (Å²) >= 11 is 0. The average molecular weight is 300 g/mol. The third-order valence-corrected chi connectivity index (χ3v) is 3.96. The fourth-order valence-electron chi connectivity index (χ4n) is 2.68. The summed E-state index contributed by atoms with van der Waals surface area (Å²) < 4.78 is 1.92.